The fourth-order valence-corrected chi connectivity index (χ4v) is 2.09. The zero-order valence-corrected chi connectivity index (χ0v) is 7.62. The Labute approximate surface area is 75.6 Å². The number of piperazine rings is 1. The molecule has 1 aliphatic heterocycles. The van der Waals surface area contributed by atoms with Crippen LogP contribution in [0.1, 0.15) is 0 Å². The molecule has 1 amide bonds. The summed E-state index contributed by atoms with van der Waals surface area (Å²) in [5.41, 5.74) is 0. The van der Waals surface area contributed by atoms with Crippen LogP contribution in [0, 0.1) is 0 Å². The Hall–Kier alpha value is -0.860. The summed E-state index contributed by atoms with van der Waals surface area (Å²) in [5.74, 6) is 0. The van der Waals surface area contributed by atoms with E-state index in [1.54, 1.807) is 0 Å². The van der Waals surface area contributed by atoms with Crippen LogP contribution in [-0.4, -0.2) is 49.5 Å². The van der Waals surface area contributed by atoms with E-state index in [9.17, 15) is 13.2 Å². The fraction of sp³-hybridized carbons (Fsp3) is 0.800. The number of sulfonamides is 1. The molecule has 1 fully saturated rings. The maximum atomic E-state index is 10.9. The van der Waals surface area contributed by atoms with Crippen LogP contribution in [0.2, 0.25) is 0 Å². The summed E-state index contributed by atoms with van der Waals surface area (Å²) in [7, 11) is -3.84. The van der Waals surface area contributed by atoms with Gasteiger partial charge < -0.3 is 10.4 Å². The second-order valence-electron chi connectivity index (χ2n) is 2.72. The van der Waals surface area contributed by atoms with E-state index in [1.165, 1.54) is 0 Å². The first-order valence-electron chi connectivity index (χ1n) is 3.65. The highest BCUT2D eigenvalue weighted by Crippen LogP contribution is 2.07. The van der Waals surface area contributed by atoms with Gasteiger partial charge in [0.15, 0.2) is 5.37 Å². The van der Waals surface area contributed by atoms with Gasteiger partial charge in [0.25, 0.3) is 0 Å². The highest BCUT2D eigenvalue weighted by Gasteiger charge is 2.34. The predicted molar refractivity (Wildman–Crippen MR) is 44.5 cm³/mol. The molecule has 1 saturated heterocycles. The standard InChI is InChI=1S/C5H11N3O4S/c6-13(11,12)4-3-7-1-2-8(4)5(9)10/h4,7H,1-3H2,(H,9,10)(H2,6,11,12). The molecule has 0 saturated carbocycles. The van der Waals surface area contributed by atoms with Crippen LogP contribution in [0.15, 0.2) is 0 Å². The molecule has 4 N–H and O–H groups in total. The maximum Gasteiger partial charge on any atom is 0.408 e. The Bertz CT molecular complexity index is 301. The van der Waals surface area contributed by atoms with Crippen LogP contribution in [0.25, 0.3) is 0 Å². The van der Waals surface area contributed by atoms with E-state index in [1.807, 2.05) is 0 Å². The highest BCUT2D eigenvalue weighted by molar-refractivity contribution is 7.89. The van der Waals surface area contributed by atoms with Gasteiger partial charge in [-0.25, -0.2) is 18.4 Å². The third-order valence-electron chi connectivity index (χ3n) is 1.82. The van der Waals surface area contributed by atoms with Crippen LogP contribution in [0.4, 0.5) is 4.79 Å². The molecule has 76 valence electrons. The molecule has 0 aromatic heterocycles. The molecule has 1 heterocycles. The largest absolute Gasteiger partial charge is 0.465 e. The highest BCUT2D eigenvalue weighted by atomic mass is 32.2. The lowest BCUT2D eigenvalue weighted by Crippen LogP contribution is -2.58. The Kier molecular flexibility index (Phi) is 2.74. The number of hydrogen-bond donors (Lipinski definition) is 3. The quantitative estimate of drug-likeness (QED) is 0.471. The van der Waals surface area contributed by atoms with Gasteiger partial charge in [0.2, 0.25) is 10.0 Å². The smallest absolute Gasteiger partial charge is 0.408 e. The van der Waals surface area contributed by atoms with Crippen molar-refractivity contribution in [3.63, 3.8) is 0 Å². The number of nitrogens with two attached hydrogens (primary N) is 1. The number of rotatable bonds is 1. The Morgan fingerprint density at radius 2 is 2.23 bits per heavy atom. The maximum absolute atomic E-state index is 10.9. The minimum atomic E-state index is -3.84. The Morgan fingerprint density at radius 3 is 2.62 bits per heavy atom. The van der Waals surface area contributed by atoms with Crippen molar-refractivity contribution < 1.29 is 18.3 Å². The lowest BCUT2D eigenvalue weighted by Gasteiger charge is -2.31. The summed E-state index contributed by atoms with van der Waals surface area (Å²) in [4.78, 5) is 11.4. The Balaban J connectivity index is 2.86. The van der Waals surface area contributed by atoms with Crippen LogP contribution >= 0.6 is 0 Å². The van der Waals surface area contributed by atoms with Crippen molar-refractivity contribution in [2.45, 2.75) is 5.37 Å². The van der Waals surface area contributed by atoms with Crippen LogP contribution in [0.3, 0.4) is 0 Å². The molecule has 0 radical (unpaired) electrons. The summed E-state index contributed by atoms with van der Waals surface area (Å²) in [6.07, 6.45) is -1.26. The van der Waals surface area contributed by atoms with Gasteiger partial charge in [0.1, 0.15) is 0 Å². The first kappa shape index (κ1) is 10.2. The van der Waals surface area contributed by atoms with E-state index < -0.39 is 21.5 Å². The van der Waals surface area contributed by atoms with Gasteiger partial charge in [-0.3, -0.25) is 4.90 Å². The molecule has 0 aromatic rings. The summed E-state index contributed by atoms with van der Waals surface area (Å²) < 4.78 is 21.9. The van der Waals surface area contributed by atoms with E-state index in [-0.39, 0.29) is 13.1 Å². The summed E-state index contributed by atoms with van der Waals surface area (Å²) in [5, 5.41) is 15.1. The van der Waals surface area contributed by atoms with E-state index in [4.69, 9.17) is 10.2 Å². The average molecular weight is 209 g/mol. The third-order valence-corrected chi connectivity index (χ3v) is 3.00. The molecule has 0 bridgehead atoms. The van der Waals surface area contributed by atoms with Crippen molar-refractivity contribution in [2.24, 2.45) is 5.14 Å². The van der Waals surface area contributed by atoms with Crippen molar-refractivity contribution in [1.29, 1.82) is 0 Å². The molecule has 8 heteroatoms. The monoisotopic (exact) mass is 209 g/mol. The van der Waals surface area contributed by atoms with Gasteiger partial charge in [0, 0.05) is 19.6 Å². The topological polar surface area (TPSA) is 113 Å². The third kappa shape index (κ3) is 2.29. The van der Waals surface area contributed by atoms with Crippen LogP contribution in [0.5, 0.6) is 0 Å². The first-order valence-corrected chi connectivity index (χ1v) is 5.26. The number of nitrogens with zero attached hydrogens (tertiary/aromatic N) is 1. The molecule has 1 rings (SSSR count). The number of amides is 1. The SMILES string of the molecule is NS(=O)(=O)C1CNCCN1C(=O)O. The zero-order chi connectivity index (χ0) is 10.1. The van der Waals surface area contributed by atoms with Gasteiger partial charge in [0.05, 0.1) is 0 Å². The second-order valence-corrected chi connectivity index (χ2v) is 4.45. The van der Waals surface area contributed by atoms with Crippen LogP contribution in [-0.2, 0) is 10.0 Å². The molecular weight excluding hydrogens is 198 g/mol. The van der Waals surface area contributed by atoms with Gasteiger partial charge >= 0.3 is 6.09 Å². The second kappa shape index (κ2) is 3.48. The number of carbonyl (C=O) groups is 1. The molecule has 7 nitrogen and oxygen atoms in total. The molecule has 13 heavy (non-hydrogen) atoms. The molecule has 0 aromatic carbocycles. The average Bonchev–Trinajstić information content (AvgIpc) is 2.03. The summed E-state index contributed by atoms with van der Waals surface area (Å²) in [6, 6.07) is 0. The molecule has 0 aliphatic carbocycles. The van der Waals surface area contributed by atoms with Gasteiger partial charge in [-0.1, -0.05) is 0 Å². The summed E-state index contributed by atoms with van der Waals surface area (Å²) >= 11 is 0. The molecule has 1 aliphatic rings. The van der Waals surface area contributed by atoms with Crippen molar-refractivity contribution in [3.05, 3.63) is 0 Å². The number of carboxylic acid groups (broad SMARTS) is 1. The van der Waals surface area contributed by atoms with E-state index in [0.29, 0.717) is 6.54 Å². The van der Waals surface area contributed by atoms with E-state index in [0.717, 1.165) is 4.90 Å². The lowest BCUT2D eigenvalue weighted by molar-refractivity contribution is 0.130. The van der Waals surface area contributed by atoms with E-state index >= 15 is 0 Å². The number of primary sulfonamides is 1. The zero-order valence-electron chi connectivity index (χ0n) is 6.80. The van der Waals surface area contributed by atoms with Gasteiger partial charge in [-0.15, -0.1) is 0 Å². The number of nitrogens with one attached hydrogen (secondary N) is 1. The van der Waals surface area contributed by atoms with Gasteiger partial charge in [-0.2, -0.15) is 0 Å². The minimum absolute atomic E-state index is 0.0468. The number of hydrogen-bond acceptors (Lipinski definition) is 4. The normalized spacial score (nSPS) is 24.4. The molecule has 0 spiro atoms. The van der Waals surface area contributed by atoms with Crippen LogP contribution < -0.4 is 10.5 Å². The van der Waals surface area contributed by atoms with E-state index in [2.05, 4.69) is 5.32 Å². The van der Waals surface area contributed by atoms with Crippen molar-refractivity contribution >= 4 is 16.1 Å². The molecule has 1 unspecified atom stereocenters. The van der Waals surface area contributed by atoms with Crippen molar-refractivity contribution in [1.82, 2.24) is 10.2 Å². The Morgan fingerprint density at radius 1 is 1.62 bits per heavy atom. The molecular formula is C5H11N3O4S. The lowest BCUT2D eigenvalue weighted by atomic mass is 10.4. The molecule has 1 atom stereocenters. The minimum Gasteiger partial charge on any atom is -0.465 e. The fourth-order valence-electron chi connectivity index (χ4n) is 1.19. The predicted octanol–water partition coefficient (Wildman–Crippen LogP) is -1.82. The first-order chi connectivity index (χ1) is 5.93. The van der Waals surface area contributed by atoms with Crippen molar-refractivity contribution in [3.8, 4) is 0 Å². The summed E-state index contributed by atoms with van der Waals surface area (Å²) in [6.45, 7) is 0.625. The van der Waals surface area contributed by atoms with Gasteiger partial charge in [-0.05, 0) is 0 Å². The van der Waals surface area contributed by atoms with Crippen molar-refractivity contribution in [2.75, 3.05) is 19.6 Å².